The van der Waals surface area contributed by atoms with Gasteiger partial charge in [-0.1, -0.05) is 129 Å². The van der Waals surface area contributed by atoms with Crippen molar-refractivity contribution in [2.24, 2.45) is 5.92 Å². The van der Waals surface area contributed by atoms with Crippen LogP contribution in [0.5, 0.6) is 0 Å². The van der Waals surface area contributed by atoms with E-state index in [0.29, 0.717) is 25.7 Å². The molecule has 0 bridgehead atoms. The lowest BCUT2D eigenvalue weighted by molar-refractivity contribution is -0.138. The zero-order valence-electron chi connectivity index (χ0n) is 28.3. The van der Waals surface area contributed by atoms with Crippen molar-refractivity contribution >= 4 is 11.9 Å². The zero-order chi connectivity index (χ0) is 32.7. The molecule has 0 aliphatic carbocycles. The average molecular weight is 617 g/mol. The maximum absolute atomic E-state index is 10.3. The highest BCUT2D eigenvalue weighted by atomic mass is 16.4. The predicted octanol–water partition coefficient (Wildman–Crippen LogP) is 9.46. The van der Waals surface area contributed by atoms with E-state index in [1.54, 1.807) is 0 Å². The first kappa shape index (κ1) is 46.0. The van der Waals surface area contributed by atoms with E-state index in [0.717, 1.165) is 25.7 Å². The number of allylic oxidation sites excluding steroid dienone is 2. The van der Waals surface area contributed by atoms with Crippen LogP contribution in [0.15, 0.2) is 12.2 Å². The molecule has 258 valence electrons. The lowest BCUT2D eigenvalue weighted by Crippen LogP contribution is -2.11. The van der Waals surface area contributed by atoms with Gasteiger partial charge in [0.15, 0.2) is 0 Å². The number of hydrogen-bond acceptors (Lipinski definition) is 5. The highest BCUT2D eigenvalue weighted by Gasteiger charge is 2.03. The number of aliphatic hydroxyl groups is 3. The van der Waals surface area contributed by atoms with Gasteiger partial charge in [-0.05, 0) is 51.4 Å². The van der Waals surface area contributed by atoms with Crippen molar-refractivity contribution in [3.63, 3.8) is 0 Å². The van der Waals surface area contributed by atoms with E-state index >= 15 is 0 Å². The maximum atomic E-state index is 10.3. The molecule has 7 heteroatoms. The molecule has 0 rings (SSSR count). The van der Waals surface area contributed by atoms with Gasteiger partial charge < -0.3 is 25.5 Å². The zero-order valence-corrected chi connectivity index (χ0v) is 28.3. The Kier molecular flexibility index (Phi) is 45.7. The molecule has 5 N–H and O–H groups in total. The summed E-state index contributed by atoms with van der Waals surface area (Å²) >= 11 is 0. The van der Waals surface area contributed by atoms with Crippen molar-refractivity contribution < 1.29 is 35.1 Å². The number of hydrogen-bond donors (Lipinski definition) is 5. The molecule has 0 amide bonds. The number of unbranched alkanes of at least 4 members (excludes halogenated alkanes) is 19. The highest BCUT2D eigenvalue weighted by Crippen LogP contribution is 2.11. The van der Waals surface area contributed by atoms with Crippen LogP contribution in [-0.2, 0) is 9.59 Å². The molecule has 0 fully saturated rings. The third-order valence-electron chi connectivity index (χ3n) is 7.43. The number of carbonyl (C=O) groups is 2. The molecule has 0 aromatic rings. The van der Waals surface area contributed by atoms with Crippen LogP contribution in [0.4, 0.5) is 0 Å². The smallest absolute Gasteiger partial charge is 0.303 e. The van der Waals surface area contributed by atoms with Crippen molar-refractivity contribution in [1.29, 1.82) is 0 Å². The van der Waals surface area contributed by atoms with Gasteiger partial charge in [0, 0.05) is 38.6 Å². The molecule has 0 aliphatic heterocycles. The minimum Gasteiger partial charge on any atom is -0.481 e. The number of aliphatic carboxylic acids is 2. The van der Waals surface area contributed by atoms with Gasteiger partial charge in [0.1, 0.15) is 0 Å². The second kappa shape index (κ2) is 42.7. The Morgan fingerprint density at radius 3 is 1.12 bits per heavy atom. The van der Waals surface area contributed by atoms with Crippen LogP contribution in [0.3, 0.4) is 0 Å². The third-order valence-corrected chi connectivity index (χ3v) is 7.43. The van der Waals surface area contributed by atoms with Crippen LogP contribution in [0.2, 0.25) is 0 Å². The van der Waals surface area contributed by atoms with E-state index in [-0.39, 0.29) is 25.7 Å². The van der Waals surface area contributed by atoms with E-state index in [1.807, 2.05) is 0 Å². The van der Waals surface area contributed by atoms with Gasteiger partial charge in [-0.2, -0.15) is 0 Å². The first-order chi connectivity index (χ1) is 20.9. The van der Waals surface area contributed by atoms with Crippen LogP contribution in [0, 0.1) is 5.92 Å². The van der Waals surface area contributed by atoms with Crippen LogP contribution in [0.25, 0.3) is 0 Å². The molecule has 7 nitrogen and oxygen atoms in total. The summed E-state index contributed by atoms with van der Waals surface area (Å²) < 4.78 is 0. The summed E-state index contributed by atoms with van der Waals surface area (Å²) in [6.45, 7) is 4.64. The second-order valence-electron chi connectivity index (χ2n) is 11.8. The lowest BCUT2D eigenvalue weighted by atomic mass is 10.1. The van der Waals surface area contributed by atoms with Crippen molar-refractivity contribution in [2.75, 3.05) is 19.8 Å². The summed E-state index contributed by atoms with van der Waals surface area (Å²) in [5.74, 6) is -1.37. The summed E-state index contributed by atoms with van der Waals surface area (Å²) in [7, 11) is 0. The molecule has 0 aromatic heterocycles. The predicted molar refractivity (Wildman–Crippen MR) is 181 cm³/mol. The Hall–Kier alpha value is -1.44. The summed E-state index contributed by atoms with van der Waals surface area (Å²) in [6.07, 6.45) is 34.1. The molecule has 0 unspecified atom stereocenters. The molecule has 0 aliphatic rings. The quantitative estimate of drug-likeness (QED) is 0.0400. The number of carboxylic acid groups (broad SMARTS) is 2. The van der Waals surface area contributed by atoms with E-state index < -0.39 is 11.9 Å². The topological polar surface area (TPSA) is 135 Å². The molecule has 0 spiro atoms. The average Bonchev–Trinajstić information content (AvgIpc) is 2.99. The van der Waals surface area contributed by atoms with Crippen LogP contribution in [-0.4, -0.2) is 57.3 Å². The summed E-state index contributed by atoms with van der Waals surface area (Å²) in [5.41, 5.74) is 0. The fourth-order valence-corrected chi connectivity index (χ4v) is 4.55. The Morgan fingerprint density at radius 2 is 0.814 bits per heavy atom. The van der Waals surface area contributed by atoms with Crippen LogP contribution >= 0.6 is 0 Å². The Morgan fingerprint density at radius 1 is 0.488 bits per heavy atom. The first-order valence-electron chi connectivity index (χ1n) is 17.8. The molecule has 0 atom stereocenters. The van der Waals surface area contributed by atoms with Gasteiger partial charge >= 0.3 is 11.9 Å². The molecule has 0 saturated heterocycles. The van der Waals surface area contributed by atoms with E-state index in [1.165, 1.54) is 116 Å². The Balaban J connectivity index is -0.000000604. The largest absolute Gasteiger partial charge is 0.481 e. The molecule has 0 heterocycles. The molecular weight excluding hydrogens is 544 g/mol. The van der Waals surface area contributed by atoms with Crippen molar-refractivity contribution in [2.45, 2.75) is 181 Å². The van der Waals surface area contributed by atoms with Crippen molar-refractivity contribution in [3.05, 3.63) is 12.2 Å². The van der Waals surface area contributed by atoms with Gasteiger partial charge in [0.25, 0.3) is 0 Å². The summed E-state index contributed by atoms with van der Waals surface area (Å²) in [6, 6.07) is 0. The van der Waals surface area contributed by atoms with E-state index in [9.17, 15) is 9.59 Å². The van der Waals surface area contributed by atoms with Gasteiger partial charge in [0.2, 0.25) is 0 Å². The van der Waals surface area contributed by atoms with E-state index in [2.05, 4.69) is 26.0 Å². The van der Waals surface area contributed by atoms with Crippen LogP contribution < -0.4 is 0 Å². The summed E-state index contributed by atoms with van der Waals surface area (Å²) in [4.78, 5) is 20.5. The standard InChI is InChI=1S/C18H34O2.C12H24O2.C6H14O3/c1-2-3-4-5-6-7-8-9-10-11-12-13-14-15-16-17-18(19)20;1-2-3-4-5-6-7-8-9-10-11-12(13)14;7-3-1-2-6(4-8)5-9/h9-10H,2-8,11-17H2,1H3,(H,19,20);2-11H2,1H3,(H,13,14);6-9H,1-5H2. The van der Waals surface area contributed by atoms with E-state index in [4.69, 9.17) is 25.5 Å². The maximum Gasteiger partial charge on any atom is 0.303 e. The normalized spacial score (nSPS) is 10.8. The van der Waals surface area contributed by atoms with Gasteiger partial charge in [0.05, 0.1) is 0 Å². The number of carboxylic acids is 2. The number of aliphatic hydroxyl groups excluding tert-OH is 3. The third kappa shape index (κ3) is 50.5. The molecule has 0 saturated carbocycles. The molecule has 0 aromatic carbocycles. The molecule has 0 radical (unpaired) electrons. The monoisotopic (exact) mass is 617 g/mol. The molecule has 43 heavy (non-hydrogen) atoms. The fourth-order valence-electron chi connectivity index (χ4n) is 4.55. The van der Waals surface area contributed by atoms with Crippen molar-refractivity contribution in [1.82, 2.24) is 0 Å². The minimum absolute atomic E-state index is 0.0104. The fraction of sp³-hybridized carbons (Fsp3) is 0.889. The van der Waals surface area contributed by atoms with Gasteiger partial charge in [-0.15, -0.1) is 0 Å². The Labute approximate surface area is 265 Å². The second-order valence-corrected chi connectivity index (χ2v) is 11.8. The lowest BCUT2D eigenvalue weighted by Gasteiger charge is -2.07. The summed E-state index contributed by atoms with van der Waals surface area (Å²) in [5, 5.41) is 42.3. The van der Waals surface area contributed by atoms with Gasteiger partial charge in [-0.25, -0.2) is 0 Å². The SMILES string of the molecule is CCCCCCCCC=CCCCCCCCC(=O)O.CCCCCCCCCCCC(=O)O.OCCCC(CO)CO. The highest BCUT2D eigenvalue weighted by molar-refractivity contribution is 5.66. The first-order valence-corrected chi connectivity index (χ1v) is 17.8. The Bertz CT molecular complexity index is 562. The minimum atomic E-state index is -0.664. The van der Waals surface area contributed by atoms with Crippen LogP contribution in [0.1, 0.15) is 181 Å². The number of rotatable bonds is 30. The molecular formula is C36H72O7. The van der Waals surface area contributed by atoms with Gasteiger partial charge in [-0.3, -0.25) is 9.59 Å². The van der Waals surface area contributed by atoms with Crippen molar-refractivity contribution in [3.8, 4) is 0 Å².